The van der Waals surface area contributed by atoms with Gasteiger partial charge in [0.25, 0.3) is 0 Å². The SMILES string of the molecule is CN1CCN(C)C(CC(=O)N2CCCCC2CCc2cccc(O)c2)C1. The number of phenolic OH excluding ortho intramolecular Hbond substituents is 1. The lowest BCUT2D eigenvalue weighted by Crippen LogP contribution is -2.53. The number of rotatable bonds is 5. The highest BCUT2D eigenvalue weighted by atomic mass is 16.3. The molecule has 2 atom stereocenters. The Balaban J connectivity index is 1.58. The zero-order valence-electron chi connectivity index (χ0n) is 16.2. The second-order valence-electron chi connectivity index (χ2n) is 8.05. The lowest BCUT2D eigenvalue weighted by Gasteiger charge is -2.40. The second kappa shape index (κ2) is 8.87. The number of aryl methyl sites for hydroxylation is 1. The van der Waals surface area contributed by atoms with Gasteiger partial charge in [0, 0.05) is 44.7 Å². The number of piperidine rings is 1. The molecule has 5 nitrogen and oxygen atoms in total. The third-order valence-electron chi connectivity index (χ3n) is 6.01. The van der Waals surface area contributed by atoms with E-state index in [9.17, 15) is 9.90 Å². The fourth-order valence-electron chi connectivity index (χ4n) is 4.31. The minimum Gasteiger partial charge on any atom is -0.508 e. The van der Waals surface area contributed by atoms with Crippen LogP contribution < -0.4 is 0 Å². The molecule has 2 aliphatic heterocycles. The zero-order valence-corrected chi connectivity index (χ0v) is 16.2. The molecule has 2 saturated heterocycles. The van der Waals surface area contributed by atoms with Gasteiger partial charge in [0.1, 0.15) is 5.75 Å². The average Bonchev–Trinajstić information content (AvgIpc) is 2.63. The van der Waals surface area contributed by atoms with Crippen molar-refractivity contribution in [3.8, 4) is 5.75 Å². The van der Waals surface area contributed by atoms with Crippen LogP contribution in [0.15, 0.2) is 24.3 Å². The highest BCUT2D eigenvalue weighted by molar-refractivity contribution is 5.77. The first-order chi connectivity index (χ1) is 12.5. The maximum absolute atomic E-state index is 13.0. The predicted octanol–water partition coefficient (Wildman–Crippen LogP) is 2.34. The molecule has 0 radical (unpaired) electrons. The molecule has 2 aliphatic rings. The summed E-state index contributed by atoms with van der Waals surface area (Å²) in [6.07, 6.45) is 5.95. The molecule has 0 aliphatic carbocycles. The van der Waals surface area contributed by atoms with Crippen molar-refractivity contribution < 1.29 is 9.90 Å². The number of likely N-dealkylation sites (tertiary alicyclic amines) is 1. The molecule has 0 bridgehead atoms. The first kappa shape index (κ1) is 19.2. The van der Waals surface area contributed by atoms with E-state index >= 15 is 0 Å². The van der Waals surface area contributed by atoms with Crippen LogP contribution in [0.1, 0.15) is 37.7 Å². The maximum atomic E-state index is 13.0. The molecule has 0 saturated carbocycles. The molecule has 1 aromatic rings. The van der Waals surface area contributed by atoms with E-state index in [1.54, 1.807) is 6.07 Å². The third kappa shape index (κ3) is 4.98. The second-order valence-corrected chi connectivity index (χ2v) is 8.05. The van der Waals surface area contributed by atoms with Crippen LogP contribution in [0.4, 0.5) is 0 Å². The molecular weight excluding hydrogens is 326 g/mol. The van der Waals surface area contributed by atoms with Crippen LogP contribution in [0.5, 0.6) is 5.75 Å². The summed E-state index contributed by atoms with van der Waals surface area (Å²) < 4.78 is 0. The van der Waals surface area contributed by atoms with E-state index in [0.29, 0.717) is 30.2 Å². The number of hydrogen-bond acceptors (Lipinski definition) is 4. The van der Waals surface area contributed by atoms with Crippen molar-refractivity contribution in [3.05, 3.63) is 29.8 Å². The Morgan fingerprint density at radius 2 is 2.00 bits per heavy atom. The quantitative estimate of drug-likeness (QED) is 0.877. The number of phenols is 1. The molecule has 3 rings (SSSR count). The number of amides is 1. The van der Waals surface area contributed by atoms with Crippen molar-refractivity contribution in [2.75, 3.05) is 40.3 Å². The lowest BCUT2D eigenvalue weighted by atomic mass is 9.95. The molecule has 2 fully saturated rings. The summed E-state index contributed by atoms with van der Waals surface area (Å²) in [6.45, 7) is 3.99. The van der Waals surface area contributed by atoms with Gasteiger partial charge < -0.3 is 19.8 Å². The van der Waals surface area contributed by atoms with Gasteiger partial charge in [-0.05, 0) is 63.9 Å². The van der Waals surface area contributed by atoms with E-state index in [1.807, 2.05) is 12.1 Å². The van der Waals surface area contributed by atoms with Gasteiger partial charge in [0.05, 0.1) is 0 Å². The van der Waals surface area contributed by atoms with Crippen molar-refractivity contribution in [1.29, 1.82) is 0 Å². The summed E-state index contributed by atoms with van der Waals surface area (Å²) in [4.78, 5) is 19.8. The fourth-order valence-corrected chi connectivity index (χ4v) is 4.31. The van der Waals surface area contributed by atoms with E-state index in [4.69, 9.17) is 0 Å². The molecule has 2 heterocycles. The van der Waals surface area contributed by atoms with Crippen LogP contribution in [0.3, 0.4) is 0 Å². The van der Waals surface area contributed by atoms with E-state index in [2.05, 4.69) is 34.9 Å². The Morgan fingerprint density at radius 1 is 1.15 bits per heavy atom. The van der Waals surface area contributed by atoms with E-state index in [-0.39, 0.29) is 0 Å². The third-order valence-corrected chi connectivity index (χ3v) is 6.01. The number of aromatic hydroxyl groups is 1. The van der Waals surface area contributed by atoms with Crippen LogP contribution in [0.25, 0.3) is 0 Å². The summed E-state index contributed by atoms with van der Waals surface area (Å²) >= 11 is 0. The van der Waals surface area contributed by atoms with Gasteiger partial charge in [-0.25, -0.2) is 0 Å². The van der Waals surface area contributed by atoms with Gasteiger partial charge in [0.15, 0.2) is 0 Å². The monoisotopic (exact) mass is 359 g/mol. The topological polar surface area (TPSA) is 47.0 Å². The highest BCUT2D eigenvalue weighted by Gasteiger charge is 2.30. The van der Waals surface area contributed by atoms with Crippen molar-refractivity contribution in [2.24, 2.45) is 0 Å². The molecule has 1 aromatic carbocycles. The van der Waals surface area contributed by atoms with Crippen molar-refractivity contribution >= 4 is 5.91 Å². The first-order valence-electron chi connectivity index (χ1n) is 9.99. The van der Waals surface area contributed by atoms with Crippen LogP contribution in [-0.4, -0.2) is 78.1 Å². The Hall–Kier alpha value is -1.59. The van der Waals surface area contributed by atoms with E-state index < -0.39 is 0 Å². The van der Waals surface area contributed by atoms with Gasteiger partial charge >= 0.3 is 0 Å². The summed E-state index contributed by atoms with van der Waals surface area (Å²) in [5.74, 6) is 0.640. The number of likely N-dealkylation sites (N-methyl/N-ethyl adjacent to an activating group) is 2. The van der Waals surface area contributed by atoms with Gasteiger partial charge in [0.2, 0.25) is 5.91 Å². The fraction of sp³-hybridized carbons (Fsp3) is 0.667. The molecule has 0 aromatic heterocycles. The van der Waals surface area contributed by atoms with Crippen molar-refractivity contribution in [1.82, 2.24) is 14.7 Å². The predicted molar refractivity (Wildman–Crippen MR) is 104 cm³/mol. The molecule has 2 unspecified atom stereocenters. The Bertz CT molecular complexity index is 607. The molecule has 26 heavy (non-hydrogen) atoms. The normalized spacial score (nSPS) is 25.4. The van der Waals surface area contributed by atoms with E-state index in [0.717, 1.165) is 57.4 Å². The zero-order chi connectivity index (χ0) is 18.5. The minimum atomic E-state index is 0.317. The molecule has 5 heteroatoms. The number of carbonyl (C=O) groups is 1. The molecule has 0 spiro atoms. The highest BCUT2D eigenvalue weighted by Crippen LogP contribution is 2.24. The number of piperazine rings is 1. The van der Waals surface area contributed by atoms with Crippen LogP contribution in [0, 0.1) is 0 Å². The Labute approximate surface area is 157 Å². The number of benzene rings is 1. The Morgan fingerprint density at radius 3 is 2.81 bits per heavy atom. The average molecular weight is 360 g/mol. The molecule has 144 valence electrons. The van der Waals surface area contributed by atoms with E-state index in [1.165, 1.54) is 6.42 Å². The van der Waals surface area contributed by atoms with Crippen molar-refractivity contribution in [2.45, 2.75) is 50.6 Å². The molecule has 1 N–H and O–H groups in total. The van der Waals surface area contributed by atoms with Gasteiger partial charge in [-0.1, -0.05) is 12.1 Å². The van der Waals surface area contributed by atoms with Crippen LogP contribution >= 0.6 is 0 Å². The smallest absolute Gasteiger partial charge is 0.224 e. The van der Waals surface area contributed by atoms with Gasteiger partial charge in [-0.2, -0.15) is 0 Å². The minimum absolute atomic E-state index is 0.317. The standard InChI is InChI=1S/C21H33N3O2/c1-22-12-13-23(2)19(16-22)15-21(26)24-11-4-3-7-18(24)10-9-17-6-5-8-20(25)14-17/h5-6,8,14,18-19,25H,3-4,7,9-13,15-16H2,1-2H3. The van der Waals surface area contributed by atoms with Gasteiger partial charge in [-0.3, -0.25) is 4.79 Å². The molecule has 1 amide bonds. The summed E-state index contributed by atoms with van der Waals surface area (Å²) in [7, 11) is 4.28. The van der Waals surface area contributed by atoms with Crippen molar-refractivity contribution in [3.63, 3.8) is 0 Å². The number of nitrogens with zero attached hydrogens (tertiary/aromatic N) is 3. The summed E-state index contributed by atoms with van der Waals surface area (Å²) in [5, 5.41) is 9.65. The lowest BCUT2D eigenvalue weighted by molar-refractivity contribution is -0.136. The molecular formula is C21H33N3O2. The largest absolute Gasteiger partial charge is 0.508 e. The van der Waals surface area contributed by atoms with Crippen LogP contribution in [0.2, 0.25) is 0 Å². The summed E-state index contributed by atoms with van der Waals surface area (Å²) in [5.41, 5.74) is 1.15. The summed E-state index contributed by atoms with van der Waals surface area (Å²) in [6, 6.07) is 8.16. The number of carbonyl (C=O) groups excluding carboxylic acids is 1. The number of hydrogen-bond donors (Lipinski definition) is 1. The maximum Gasteiger partial charge on any atom is 0.224 e. The van der Waals surface area contributed by atoms with Crippen LogP contribution in [-0.2, 0) is 11.2 Å². The Kier molecular flexibility index (Phi) is 6.54. The van der Waals surface area contributed by atoms with Gasteiger partial charge in [-0.15, -0.1) is 0 Å². The first-order valence-corrected chi connectivity index (χ1v) is 9.99.